The topological polar surface area (TPSA) is 211 Å². The van der Waals surface area contributed by atoms with Crippen LogP contribution in [0.3, 0.4) is 0 Å². The molecular formula is C37H40ClN7O11. The van der Waals surface area contributed by atoms with Crippen LogP contribution in [0.25, 0.3) is 22.5 Å². The molecule has 0 saturated heterocycles. The van der Waals surface area contributed by atoms with Crippen molar-refractivity contribution < 1.29 is 48.0 Å². The number of ether oxygens (including phenoxy) is 5. The van der Waals surface area contributed by atoms with Gasteiger partial charge in [-0.1, -0.05) is 91.7 Å². The highest BCUT2D eigenvalue weighted by molar-refractivity contribution is 6.32. The summed E-state index contributed by atoms with van der Waals surface area (Å²) >= 11 is 6.45. The maximum absolute atomic E-state index is 13.0. The zero-order valence-electron chi connectivity index (χ0n) is 31.0. The van der Waals surface area contributed by atoms with Crippen molar-refractivity contribution in [3.05, 3.63) is 111 Å². The maximum Gasteiger partial charge on any atom is 0.515 e. The number of carbonyl (C=O) groups is 3. The fourth-order valence-corrected chi connectivity index (χ4v) is 5.34. The number of nitrogens with zero attached hydrogens (tertiary/aromatic N) is 7. The molecule has 2 aromatic heterocycles. The molecule has 0 N–H and O–H groups in total. The second-order valence-electron chi connectivity index (χ2n) is 11.6. The molecule has 3 aromatic carbocycles. The van der Waals surface area contributed by atoms with Crippen molar-refractivity contribution in [2.75, 3.05) is 13.7 Å². The summed E-state index contributed by atoms with van der Waals surface area (Å²) in [6.45, 7) is 5.88. The van der Waals surface area contributed by atoms with Gasteiger partial charge in [-0.15, -0.1) is 25.1 Å². The van der Waals surface area contributed by atoms with Gasteiger partial charge in [0.15, 0.2) is 17.1 Å². The molecule has 0 radical (unpaired) electrons. The van der Waals surface area contributed by atoms with Crippen LogP contribution < -0.4 is 4.74 Å². The lowest BCUT2D eigenvalue weighted by Gasteiger charge is -2.15. The zero-order chi connectivity index (χ0) is 40.5. The standard InChI is InChI=1S/C34H34ClN7O9.C3H6O2/c1-4-5-14-29-36-31(35)30(33(43)50-22(2)47-3)40(29)19-23-15-17-24(18-16-23)26-11-7-8-12-27(26)32-37-39-41(38-32)21-48-34(44)51-28-13-9-6-10-25(28)20-49-42(45)46;1-2-5-3-4/h6-13,15-18,22H,4-5,14,19-21H2,1-3H3;3H,2H2,1H3. The number of imidazole rings is 1. The summed E-state index contributed by atoms with van der Waals surface area (Å²) < 4.78 is 26.7. The third kappa shape index (κ3) is 12.1. The highest BCUT2D eigenvalue weighted by Crippen LogP contribution is 2.31. The molecule has 0 aliphatic carbocycles. The minimum absolute atomic E-state index is 0.0435. The van der Waals surface area contributed by atoms with Crippen molar-refractivity contribution in [2.24, 2.45) is 0 Å². The average Bonchev–Trinajstić information content (AvgIpc) is 3.80. The lowest BCUT2D eigenvalue weighted by atomic mass is 9.98. The minimum atomic E-state index is -1.08. The Morgan fingerprint density at radius 3 is 2.39 bits per heavy atom. The normalized spacial score (nSPS) is 11.1. The van der Waals surface area contributed by atoms with Crippen LogP contribution in [0.2, 0.25) is 5.15 Å². The summed E-state index contributed by atoms with van der Waals surface area (Å²) in [4.78, 5) is 55.0. The molecule has 0 saturated carbocycles. The number of hydrogen-bond donors (Lipinski definition) is 0. The van der Waals surface area contributed by atoms with Gasteiger partial charge in [0.25, 0.3) is 11.6 Å². The molecule has 0 aliphatic rings. The van der Waals surface area contributed by atoms with Gasteiger partial charge in [0.2, 0.25) is 12.6 Å². The van der Waals surface area contributed by atoms with Gasteiger partial charge in [-0.05, 0) is 48.2 Å². The summed E-state index contributed by atoms with van der Waals surface area (Å²) in [5.74, 6) is 0.397. The molecule has 0 aliphatic heterocycles. The van der Waals surface area contributed by atoms with E-state index in [2.05, 4.69) is 36.9 Å². The fraction of sp³-hybridized carbons (Fsp3) is 0.324. The highest BCUT2D eigenvalue weighted by atomic mass is 35.5. The highest BCUT2D eigenvalue weighted by Gasteiger charge is 2.25. The number of aryl methyl sites for hydroxylation is 1. The van der Waals surface area contributed by atoms with Crippen LogP contribution in [0.5, 0.6) is 5.75 Å². The summed E-state index contributed by atoms with van der Waals surface area (Å²) in [5, 5.41) is 22.2. The number of aromatic nitrogens is 6. The number of carbonyl (C=O) groups excluding carboxylic acids is 3. The SMILES string of the molecule is CCCCc1nc(Cl)c(C(=O)OC(C)OC)n1Cc1ccc(-c2ccccc2-c2nnn(COC(=O)Oc3ccccc3CO[N+](=O)[O-])n2)cc1.CCOC=O. The summed E-state index contributed by atoms with van der Waals surface area (Å²) in [5.41, 5.74) is 3.72. The number of rotatable bonds is 18. The number of methoxy groups -OCH3 is 1. The molecule has 0 fully saturated rings. The number of tetrazole rings is 1. The Hall–Kier alpha value is -6.40. The van der Waals surface area contributed by atoms with Gasteiger partial charge in [0, 0.05) is 31.2 Å². The van der Waals surface area contributed by atoms with E-state index in [-0.39, 0.29) is 28.0 Å². The molecule has 18 nitrogen and oxygen atoms in total. The van der Waals surface area contributed by atoms with E-state index >= 15 is 0 Å². The smallest absolute Gasteiger partial charge is 0.468 e. The van der Waals surface area contributed by atoms with Gasteiger partial charge in [-0.25, -0.2) is 14.6 Å². The van der Waals surface area contributed by atoms with Gasteiger partial charge in [0.1, 0.15) is 18.2 Å². The Labute approximate surface area is 326 Å². The Bertz CT molecular complexity index is 2070. The van der Waals surface area contributed by atoms with E-state index in [1.165, 1.54) is 19.2 Å². The zero-order valence-corrected chi connectivity index (χ0v) is 31.8. The first kappa shape index (κ1) is 42.3. The van der Waals surface area contributed by atoms with Crippen LogP contribution in [0.1, 0.15) is 61.1 Å². The van der Waals surface area contributed by atoms with Crippen LogP contribution in [0.15, 0.2) is 72.8 Å². The first-order valence-electron chi connectivity index (χ1n) is 17.3. The number of esters is 1. The van der Waals surface area contributed by atoms with E-state index in [9.17, 15) is 24.5 Å². The Morgan fingerprint density at radius 2 is 1.73 bits per heavy atom. The molecule has 0 spiro atoms. The van der Waals surface area contributed by atoms with Gasteiger partial charge in [0.05, 0.1) is 6.61 Å². The van der Waals surface area contributed by atoms with Gasteiger partial charge in [-0.2, -0.15) is 0 Å². The van der Waals surface area contributed by atoms with Gasteiger partial charge >= 0.3 is 12.1 Å². The van der Waals surface area contributed by atoms with E-state index in [0.717, 1.165) is 34.3 Å². The Kier molecular flexibility index (Phi) is 16.2. The van der Waals surface area contributed by atoms with Crippen molar-refractivity contribution >= 4 is 30.2 Å². The molecule has 19 heteroatoms. The maximum atomic E-state index is 13.0. The Balaban J connectivity index is 0.00000131. The van der Waals surface area contributed by atoms with Crippen molar-refractivity contribution in [3.8, 4) is 28.3 Å². The van der Waals surface area contributed by atoms with Crippen LogP contribution in [0.4, 0.5) is 4.79 Å². The Morgan fingerprint density at radius 1 is 1.02 bits per heavy atom. The molecule has 56 heavy (non-hydrogen) atoms. The molecule has 1 atom stereocenters. The monoisotopic (exact) mass is 793 g/mol. The number of unbranched alkanes of at least 4 members (excludes halogenated alkanes) is 1. The van der Waals surface area contributed by atoms with Crippen molar-refractivity contribution in [3.63, 3.8) is 0 Å². The van der Waals surface area contributed by atoms with Crippen molar-refractivity contribution in [2.45, 2.75) is 66.2 Å². The minimum Gasteiger partial charge on any atom is -0.468 e. The molecule has 296 valence electrons. The van der Waals surface area contributed by atoms with Crippen LogP contribution in [-0.2, 0) is 54.9 Å². The van der Waals surface area contributed by atoms with E-state index in [1.54, 1.807) is 30.5 Å². The number of para-hydroxylation sites is 1. The van der Waals surface area contributed by atoms with Crippen LogP contribution in [-0.4, -0.2) is 73.4 Å². The third-order valence-electron chi connectivity index (χ3n) is 7.81. The average molecular weight is 794 g/mol. The summed E-state index contributed by atoms with van der Waals surface area (Å²) in [6.07, 6.45) is 0.632. The van der Waals surface area contributed by atoms with Crippen LogP contribution in [0, 0.1) is 10.1 Å². The predicted molar refractivity (Wildman–Crippen MR) is 199 cm³/mol. The second kappa shape index (κ2) is 21.5. The lowest BCUT2D eigenvalue weighted by Crippen LogP contribution is -2.21. The third-order valence-corrected chi connectivity index (χ3v) is 8.07. The van der Waals surface area contributed by atoms with Crippen LogP contribution >= 0.6 is 11.6 Å². The first-order valence-corrected chi connectivity index (χ1v) is 17.7. The molecule has 1 unspecified atom stereocenters. The number of halogens is 1. The van der Waals surface area contributed by atoms with E-state index in [0.29, 0.717) is 37.4 Å². The first-order chi connectivity index (χ1) is 27.1. The molecular weight excluding hydrogens is 754 g/mol. The summed E-state index contributed by atoms with van der Waals surface area (Å²) in [6, 6.07) is 21.4. The van der Waals surface area contributed by atoms with Gasteiger partial charge < -0.3 is 33.1 Å². The molecule has 0 amide bonds. The largest absolute Gasteiger partial charge is 0.515 e. The number of hydrogen-bond acceptors (Lipinski definition) is 15. The van der Waals surface area contributed by atoms with E-state index in [4.69, 9.17) is 30.5 Å². The molecule has 5 aromatic rings. The second-order valence-corrected chi connectivity index (χ2v) is 11.9. The number of benzene rings is 3. The lowest BCUT2D eigenvalue weighted by molar-refractivity contribution is -0.763. The summed E-state index contributed by atoms with van der Waals surface area (Å²) in [7, 11) is 1.45. The van der Waals surface area contributed by atoms with E-state index in [1.807, 2.05) is 48.5 Å². The molecule has 2 heterocycles. The van der Waals surface area contributed by atoms with Crippen molar-refractivity contribution in [1.82, 2.24) is 29.8 Å². The quantitative estimate of drug-likeness (QED) is 0.0177. The van der Waals surface area contributed by atoms with E-state index < -0.39 is 36.8 Å². The van der Waals surface area contributed by atoms with Crippen molar-refractivity contribution in [1.29, 1.82) is 0 Å². The van der Waals surface area contributed by atoms with Gasteiger partial charge in [-0.3, -0.25) is 4.79 Å². The fourth-order valence-electron chi connectivity index (χ4n) is 5.06. The predicted octanol–water partition coefficient (Wildman–Crippen LogP) is 6.46. The molecule has 0 bridgehead atoms. The molecule has 5 rings (SSSR count).